The van der Waals surface area contributed by atoms with Gasteiger partial charge < -0.3 is 18.6 Å². The Morgan fingerprint density at radius 2 is 1.81 bits per heavy atom. The van der Waals surface area contributed by atoms with Gasteiger partial charge in [0.1, 0.15) is 11.5 Å². The quantitative estimate of drug-likeness (QED) is 0.215. The number of hydroxylamine groups is 1. The lowest BCUT2D eigenvalue weighted by molar-refractivity contribution is -0.134. The molecule has 0 saturated carbocycles. The van der Waals surface area contributed by atoms with Gasteiger partial charge in [-0.2, -0.15) is 0 Å². The zero-order chi connectivity index (χ0) is 26.3. The molecule has 1 amide bonds. The maximum absolute atomic E-state index is 13.3. The largest absolute Gasteiger partial charge is 0.494 e. The third-order valence-corrected chi connectivity index (χ3v) is 8.67. The fourth-order valence-corrected chi connectivity index (χ4v) is 6.10. The van der Waals surface area contributed by atoms with Crippen LogP contribution in [0.25, 0.3) is 11.5 Å². The van der Waals surface area contributed by atoms with Crippen LogP contribution in [0, 0.1) is 0 Å². The van der Waals surface area contributed by atoms with Gasteiger partial charge in [-0.3, -0.25) is 10.0 Å². The van der Waals surface area contributed by atoms with E-state index in [1.807, 2.05) is 31.2 Å². The molecule has 12 heteroatoms. The molecule has 0 aliphatic carbocycles. The van der Waals surface area contributed by atoms with E-state index in [2.05, 4.69) is 10.2 Å². The van der Waals surface area contributed by atoms with Crippen molar-refractivity contribution in [3.05, 3.63) is 54.4 Å². The maximum Gasteiger partial charge on any atom is 0.265 e. The second-order valence-corrected chi connectivity index (χ2v) is 10.7. The average molecular weight is 532 g/mol. The van der Waals surface area contributed by atoms with Gasteiger partial charge in [0, 0.05) is 19.6 Å². The van der Waals surface area contributed by atoms with Gasteiger partial charge in [0.05, 0.1) is 23.7 Å². The van der Waals surface area contributed by atoms with Crippen molar-refractivity contribution in [1.29, 1.82) is 0 Å². The van der Waals surface area contributed by atoms with Crippen molar-refractivity contribution in [1.82, 2.24) is 15.7 Å². The first-order chi connectivity index (χ1) is 17.9. The SMILES string of the molecule is CCOc1ccccc1-c1nnc(CCCOc2ccc(S(=O)(=O)C3(C(=O)NO)CCOCC3)cc2)o1. The molecule has 0 spiro atoms. The van der Waals surface area contributed by atoms with E-state index < -0.39 is 20.5 Å². The summed E-state index contributed by atoms with van der Waals surface area (Å²) in [5.41, 5.74) is 2.24. The Kier molecular flexibility index (Phi) is 8.41. The topological polar surface area (TPSA) is 150 Å². The number of amides is 1. The summed E-state index contributed by atoms with van der Waals surface area (Å²) in [6.07, 6.45) is 0.995. The number of hydrogen-bond donors (Lipinski definition) is 2. The van der Waals surface area contributed by atoms with Gasteiger partial charge in [-0.25, -0.2) is 13.9 Å². The van der Waals surface area contributed by atoms with E-state index >= 15 is 0 Å². The van der Waals surface area contributed by atoms with Crippen molar-refractivity contribution in [2.45, 2.75) is 42.2 Å². The molecule has 4 rings (SSSR count). The minimum absolute atomic E-state index is 0.0314. The first kappa shape index (κ1) is 26.6. The number of sulfone groups is 1. The van der Waals surface area contributed by atoms with E-state index in [0.717, 1.165) is 5.56 Å². The fraction of sp³-hybridized carbons (Fsp3) is 0.400. The lowest BCUT2D eigenvalue weighted by Gasteiger charge is -2.34. The van der Waals surface area contributed by atoms with E-state index in [9.17, 15) is 13.2 Å². The lowest BCUT2D eigenvalue weighted by atomic mass is 9.98. The number of carbonyl (C=O) groups excluding carboxylic acids is 1. The van der Waals surface area contributed by atoms with Gasteiger partial charge in [-0.1, -0.05) is 12.1 Å². The molecule has 2 heterocycles. The van der Waals surface area contributed by atoms with Crippen molar-refractivity contribution in [3.63, 3.8) is 0 Å². The number of aromatic nitrogens is 2. The Morgan fingerprint density at radius 1 is 1.08 bits per heavy atom. The first-order valence-corrected chi connectivity index (χ1v) is 13.4. The van der Waals surface area contributed by atoms with Gasteiger partial charge in [-0.15, -0.1) is 10.2 Å². The monoisotopic (exact) mass is 531 g/mol. The molecule has 198 valence electrons. The molecule has 3 aromatic rings. The van der Waals surface area contributed by atoms with Crippen LogP contribution < -0.4 is 15.0 Å². The van der Waals surface area contributed by atoms with E-state index in [4.69, 9.17) is 23.8 Å². The standard InChI is InChI=1S/C25H29N3O8S/c1-2-34-21-7-4-3-6-20(21)23-27-26-22(36-23)8-5-15-35-18-9-11-19(12-10-18)37(31,32)25(24(29)28-30)13-16-33-17-14-25/h3-4,6-7,9-12,30H,2,5,8,13-17H2,1H3,(H,28,29). The van der Waals surface area contributed by atoms with Crippen LogP contribution in [0.2, 0.25) is 0 Å². The normalized spacial score (nSPS) is 15.2. The average Bonchev–Trinajstić information content (AvgIpc) is 3.40. The molecule has 1 aliphatic heterocycles. The Balaban J connectivity index is 1.34. The maximum atomic E-state index is 13.3. The minimum Gasteiger partial charge on any atom is -0.494 e. The molecule has 1 saturated heterocycles. The van der Waals surface area contributed by atoms with E-state index in [0.29, 0.717) is 49.3 Å². The Hall–Kier alpha value is -3.48. The molecule has 2 aromatic carbocycles. The molecule has 11 nitrogen and oxygen atoms in total. The van der Waals surface area contributed by atoms with E-state index in [-0.39, 0.29) is 31.0 Å². The molecular weight excluding hydrogens is 502 g/mol. The van der Waals surface area contributed by atoms with Gasteiger partial charge >= 0.3 is 0 Å². The third-order valence-electron chi connectivity index (χ3n) is 6.15. The molecule has 0 atom stereocenters. The third kappa shape index (κ3) is 5.60. The number of aryl methyl sites for hydroxylation is 1. The number of carbonyl (C=O) groups is 1. The summed E-state index contributed by atoms with van der Waals surface area (Å²) in [6.45, 7) is 2.98. The molecule has 1 aromatic heterocycles. The zero-order valence-electron chi connectivity index (χ0n) is 20.4. The van der Waals surface area contributed by atoms with Gasteiger partial charge in [0.15, 0.2) is 14.6 Å². The number of nitrogens with zero attached hydrogens (tertiary/aromatic N) is 2. The second kappa shape index (κ2) is 11.7. The number of ether oxygens (including phenoxy) is 3. The summed E-state index contributed by atoms with van der Waals surface area (Å²) in [5.74, 6) is 1.04. The van der Waals surface area contributed by atoms with Crippen LogP contribution in [0.15, 0.2) is 57.8 Å². The number of benzene rings is 2. The molecule has 0 unspecified atom stereocenters. The highest BCUT2D eigenvalue weighted by Gasteiger charge is 2.52. The molecule has 0 radical (unpaired) electrons. The smallest absolute Gasteiger partial charge is 0.265 e. The van der Waals surface area contributed by atoms with E-state index in [1.165, 1.54) is 29.7 Å². The van der Waals surface area contributed by atoms with Crippen molar-refractivity contribution >= 4 is 15.7 Å². The number of nitrogens with one attached hydrogen (secondary N) is 1. The van der Waals surface area contributed by atoms with Crippen molar-refractivity contribution in [2.75, 3.05) is 26.4 Å². The highest BCUT2D eigenvalue weighted by Crippen LogP contribution is 2.36. The Bertz CT molecular complexity index is 1300. The fourth-order valence-electron chi connectivity index (χ4n) is 4.16. The Labute approximate surface area is 214 Å². The second-order valence-electron chi connectivity index (χ2n) is 8.40. The van der Waals surface area contributed by atoms with Gasteiger partial charge in [0.2, 0.25) is 5.89 Å². The van der Waals surface area contributed by atoms with E-state index in [1.54, 1.807) is 0 Å². The molecule has 37 heavy (non-hydrogen) atoms. The molecular formula is C25H29N3O8S. The van der Waals surface area contributed by atoms with Crippen LogP contribution in [0.5, 0.6) is 11.5 Å². The van der Waals surface area contributed by atoms with Crippen LogP contribution in [0.4, 0.5) is 0 Å². The highest BCUT2D eigenvalue weighted by atomic mass is 32.2. The predicted octanol–water partition coefficient (Wildman–Crippen LogP) is 2.98. The molecule has 2 N–H and O–H groups in total. The van der Waals surface area contributed by atoms with Gasteiger partial charge in [0.25, 0.3) is 11.8 Å². The summed E-state index contributed by atoms with van der Waals surface area (Å²) in [6, 6.07) is 13.3. The van der Waals surface area contributed by atoms with Crippen molar-refractivity contribution < 1.29 is 37.0 Å². The van der Waals surface area contributed by atoms with Crippen LogP contribution in [-0.4, -0.2) is 60.9 Å². The molecule has 1 aliphatic rings. The van der Waals surface area contributed by atoms with Crippen LogP contribution in [-0.2, 0) is 25.8 Å². The van der Waals surface area contributed by atoms with Crippen molar-refractivity contribution in [3.8, 4) is 23.0 Å². The van der Waals surface area contributed by atoms with Crippen molar-refractivity contribution in [2.24, 2.45) is 0 Å². The number of rotatable bonds is 11. The predicted molar refractivity (Wildman–Crippen MR) is 131 cm³/mol. The van der Waals surface area contributed by atoms with Crippen LogP contribution >= 0.6 is 0 Å². The summed E-state index contributed by atoms with van der Waals surface area (Å²) < 4.78 is 47.2. The zero-order valence-corrected chi connectivity index (χ0v) is 21.2. The Morgan fingerprint density at radius 3 is 2.51 bits per heavy atom. The highest BCUT2D eigenvalue weighted by molar-refractivity contribution is 7.93. The first-order valence-electron chi connectivity index (χ1n) is 12.0. The van der Waals surface area contributed by atoms with Crippen LogP contribution in [0.3, 0.4) is 0 Å². The summed E-state index contributed by atoms with van der Waals surface area (Å²) in [5, 5.41) is 17.4. The summed E-state index contributed by atoms with van der Waals surface area (Å²) >= 11 is 0. The van der Waals surface area contributed by atoms with Gasteiger partial charge in [-0.05, 0) is 62.6 Å². The molecule has 1 fully saturated rings. The number of para-hydroxylation sites is 1. The summed E-state index contributed by atoms with van der Waals surface area (Å²) in [7, 11) is -4.08. The molecule has 0 bridgehead atoms. The summed E-state index contributed by atoms with van der Waals surface area (Å²) in [4.78, 5) is 12.3. The number of hydrogen-bond acceptors (Lipinski definition) is 10. The lowest BCUT2D eigenvalue weighted by Crippen LogP contribution is -2.54. The van der Waals surface area contributed by atoms with Crippen LogP contribution in [0.1, 0.15) is 32.1 Å². The minimum atomic E-state index is -4.08.